The number of nitro benzene ring substituents is 1. The summed E-state index contributed by atoms with van der Waals surface area (Å²) in [5.41, 5.74) is 1.43. The zero-order chi connectivity index (χ0) is 20.0. The van der Waals surface area contributed by atoms with Crippen LogP contribution in [0.2, 0.25) is 5.02 Å². The van der Waals surface area contributed by atoms with E-state index in [1.165, 1.54) is 23.1 Å². The predicted octanol–water partition coefficient (Wildman–Crippen LogP) is 3.86. The van der Waals surface area contributed by atoms with Gasteiger partial charge in [0.15, 0.2) is 11.5 Å². The van der Waals surface area contributed by atoms with Gasteiger partial charge < -0.3 is 14.4 Å². The van der Waals surface area contributed by atoms with E-state index in [0.29, 0.717) is 34.9 Å². The molecule has 0 saturated carbocycles. The molecular formula is C19H21ClN2O5. The van der Waals surface area contributed by atoms with E-state index in [2.05, 4.69) is 0 Å². The Bertz CT molecular complexity index is 841. The van der Waals surface area contributed by atoms with Gasteiger partial charge in [-0.05, 0) is 35.7 Å². The number of nitrogens with zero attached hydrogens (tertiary/aromatic N) is 2. The highest BCUT2D eigenvalue weighted by Gasteiger charge is 2.15. The average Bonchev–Trinajstić information content (AvgIpc) is 2.67. The van der Waals surface area contributed by atoms with Gasteiger partial charge in [-0.2, -0.15) is 0 Å². The molecule has 0 N–H and O–H groups in total. The summed E-state index contributed by atoms with van der Waals surface area (Å²) in [5, 5.41) is 11.3. The van der Waals surface area contributed by atoms with Crippen LogP contribution < -0.4 is 9.47 Å². The number of amides is 1. The Morgan fingerprint density at radius 3 is 2.48 bits per heavy atom. The van der Waals surface area contributed by atoms with Gasteiger partial charge in [0.2, 0.25) is 5.91 Å². The van der Waals surface area contributed by atoms with Crippen LogP contribution in [0.25, 0.3) is 0 Å². The van der Waals surface area contributed by atoms with Gasteiger partial charge in [0.1, 0.15) is 0 Å². The number of rotatable bonds is 8. The molecule has 7 nitrogen and oxygen atoms in total. The van der Waals surface area contributed by atoms with Gasteiger partial charge in [-0.1, -0.05) is 17.7 Å². The van der Waals surface area contributed by atoms with E-state index in [9.17, 15) is 14.9 Å². The van der Waals surface area contributed by atoms with E-state index >= 15 is 0 Å². The molecule has 0 aromatic heterocycles. The molecule has 0 aliphatic heterocycles. The number of ether oxygens (including phenoxy) is 2. The first-order valence-electron chi connectivity index (χ1n) is 8.23. The number of carbonyl (C=O) groups is 1. The van der Waals surface area contributed by atoms with Crippen molar-refractivity contribution in [2.24, 2.45) is 0 Å². The van der Waals surface area contributed by atoms with Crippen molar-refractivity contribution in [2.75, 3.05) is 21.3 Å². The van der Waals surface area contributed by atoms with E-state index in [4.69, 9.17) is 21.1 Å². The Hall–Kier alpha value is -2.80. The van der Waals surface area contributed by atoms with Crippen molar-refractivity contribution < 1.29 is 19.2 Å². The second kappa shape index (κ2) is 9.23. The molecule has 0 spiro atoms. The first-order chi connectivity index (χ1) is 12.8. The van der Waals surface area contributed by atoms with Crippen molar-refractivity contribution in [1.82, 2.24) is 4.90 Å². The predicted molar refractivity (Wildman–Crippen MR) is 102 cm³/mol. The Morgan fingerprint density at radius 2 is 1.85 bits per heavy atom. The molecule has 0 fully saturated rings. The minimum atomic E-state index is -0.487. The maximum Gasteiger partial charge on any atom is 0.269 e. The molecule has 0 heterocycles. The van der Waals surface area contributed by atoms with Gasteiger partial charge in [-0.3, -0.25) is 14.9 Å². The zero-order valence-corrected chi connectivity index (χ0v) is 16.2. The number of carbonyl (C=O) groups excluding carboxylic acids is 1. The highest BCUT2D eigenvalue weighted by atomic mass is 35.5. The quantitative estimate of drug-likeness (QED) is 0.503. The molecule has 144 valence electrons. The number of hydrogen-bond acceptors (Lipinski definition) is 5. The van der Waals surface area contributed by atoms with Gasteiger partial charge in [-0.15, -0.1) is 0 Å². The van der Waals surface area contributed by atoms with Crippen LogP contribution in [0, 0.1) is 10.1 Å². The third kappa shape index (κ3) is 5.34. The second-order valence-electron chi connectivity index (χ2n) is 5.97. The lowest BCUT2D eigenvalue weighted by Crippen LogP contribution is -2.26. The van der Waals surface area contributed by atoms with Gasteiger partial charge in [0, 0.05) is 37.2 Å². The Morgan fingerprint density at radius 1 is 1.15 bits per heavy atom. The van der Waals surface area contributed by atoms with Crippen LogP contribution in [0.3, 0.4) is 0 Å². The molecule has 0 aliphatic carbocycles. The van der Waals surface area contributed by atoms with Crippen molar-refractivity contribution in [1.29, 1.82) is 0 Å². The van der Waals surface area contributed by atoms with Crippen LogP contribution >= 0.6 is 11.6 Å². The molecule has 0 atom stereocenters. The number of benzene rings is 2. The molecule has 1 amide bonds. The number of hydrogen-bond donors (Lipinski definition) is 0. The number of aryl methyl sites for hydroxylation is 1. The summed E-state index contributed by atoms with van der Waals surface area (Å²) >= 11 is 6.10. The summed E-state index contributed by atoms with van der Waals surface area (Å²) in [6, 6.07) is 9.71. The summed E-state index contributed by atoms with van der Waals surface area (Å²) in [4.78, 5) is 24.3. The summed E-state index contributed by atoms with van der Waals surface area (Å²) < 4.78 is 10.5. The Balaban J connectivity index is 2.00. The number of nitro groups is 1. The van der Waals surface area contributed by atoms with E-state index in [-0.39, 0.29) is 18.1 Å². The molecule has 8 heteroatoms. The molecule has 2 rings (SSSR count). The largest absolute Gasteiger partial charge is 0.493 e. The normalized spacial score (nSPS) is 10.4. The highest BCUT2D eigenvalue weighted by molar-refractivity contribution is 6.31. The first-order valence-corrected chi connectivity index (χ1v) is 8.61. The van der Waals surface area contributed by atoms with Crippen molar-refractivity contribution in [3.05, 3.63) is 62.7 Å². The number of non-ortho nitro benzene ring substituents is 1. The van der Waals surface area contributed by atoms with Crippen LogP contribution in [-0.4, -0.2) is 37.0 Å². The number of methoxy groups -OCH3 is 2. The van der Waals surface area contributed by atoms with Gasteiger partial charge in [-0.25, -0.2) is 0 Å². The minimum absolute atomic E-state index is 0.0550. The standard InChI is InChI=1S/C19H21ClN2O5/c1-21(12-14-11-15(22(24)25)6-7-16(14)20)19(23)9-5-13-4-8-17(26-2)18(10-13)27-3/h4,6-8,10-11H,5,9,12H2,1-3H3. The zero-order valence-electron chi connectivity index (χ0n) is 15.4. The van der Waals surface area contributed by atoms with Crippen LogP contribution in [0.5, 0.6) is 11.5 Å². The lowest BCUT2D eigenvalue weighted by atomic mass is 10.1. The summed E-state index contributed by atoms with van der Waals surface area (Å²) in [6.45, 7) is 0.200. The van der Waals surface area contributed by atoms with Gasteiger partial charge in [0.25, 0.3) is 5.69 Å². The highest BCUT2D eigenvalue weighted by Crippen LogP contribution is 2.28. The van der Waals surface area contributed by atoms with Crippen molar-refractivity contribution >= 4 is 23.2 Å². The van der Waals surface area contributed by atoms with E-state index in [1.807, 2.05) is 12.1 Å². The first kappa shape index (κ1) is 20.5. The van der Waals surface area contributed by atoms with E-state index in [1.54, 1.807) is 27.3 Å². The Labute approximate surface area is 162 Å². The van der Waals surface area contributed by atoms with Crippen molar-refractivity contribution in [2.45, 2.75) is 19.4 Å². The third-order valence-electron chi connectivity index (χ3n) is 4.15. The lowest BCUT2D eigenvalue weighted by molar-refractivity contribution is -0.384. The fourth-order valence-electron chi connectivity index (χ4n) is 2.62. The molecule has 0 radical (unpaired) electrons. The van der Waals surface area contributed by atoms with E-state index in [0.717, 1.165) is 5.56 Å². The molecule has 2 aromatic carbocycles. The van der Waals surface area contributed by atoms with Crippen LogP contribution in [0.4, 0.5) is 5.69 Å². The third-order valence-corrected chi connectivity index (χ3v) is 4.52. The molecule has 27 heavy (non-hydrogen) atoms. The lowest BCUT2D eigenvalue weighted by Gasteiger charge is -2.18. The Kier molecular flexibility index (Phi) is 7.01. The topological polar surface area (TPSA) is 81.9 Å². The molecular weight excluding hydrogens is 372 g/mol. The van der Waals surface area contributed by atoms with Crippen LogP contribution in [0.1, 0.15) is 17.5 Å². The van der Waals surface area contributed by atoms with Crippen LogP contribution in [0.15, 0.2) is 36.4 Å². The maximum absolute atomic E-state index is 12.4. The molecule has 0 saturated heterocycles. The van der Waals surface area contributed by atoms with E-state index < -0.39 is 4.92 Å². The molecule has 0 bridgehead atoms. The SMILES string of the molecule is COc1ccc(CCC(=O)N(C)Cc2cc([N+](=O)[O-])ccc2Cl)cc1OC. The second-order valence-corrected chi connectivity index (χ2v) is 6.38. The summed E-state index contributed by atoms with van der Waals surface area (Å²) in [7, 11) is 4.77. The molecule has 2 aromatic rings. The summed E-state index contributed by atoms with van der Waals surface area (Å²) in [6.07, 6.45) is 0.824. The maximum atomic E-state index is 12.4. The van der Waals surface area contributed by atoms with Crippen molar-refractivity contribution in [3.63, 3.8) is 0 Å². The smallest absolute Gasteiger partial charge is 0.269 e. The summed E-state index contributed by atoms with van der Waals surface area (Å²) in [5.74, 6) is 1.15. The fraction of sp³-hybridized carbons (Fsp3) is 0.316. The van der Waals surface area contributed by atoms with Gasteiger partial charge >= 0.3 is 0 Å². The van der Waals surface area contributed by atoms with Crippen LogP contribution in [-0.2, 0) is 17.8 Å². The van der Waals surface area contributed by atoms with Gasteiger partial charge in [0.05, 0.1) is 19.1 Å². The average molecular weight is 393 g/mol. The monoisotopic (exact) mass is 392 g/mol. The number of halogens is 1. The molecule has 0 aliphatic rings. The minimum Gasteiger partial charge on any atom is -0.493 e. The molecule has 0 unspecified atom stereocenters. The fourth-order valence-corrected chi connectivity index (χ4v) is 2.80. The van der Waals surface area contributed by atoms with Crippen molar-refractivity contribution in [3.8, 4) is 11.5 Å².